The van der Waals surface area contributed by atoms with Crippen LogP contribution in [0.15, 0.2) is 23.1 Å². The highest BCUT2D eigenvalue weighted by Crippen LogP contribution is 2.20. The number of benzene rings is 1. The van der Waals surface area contributed by atoms with Gasteiger partial charge in [0.1, 0.15) is 11.6 Å². The number of hydrogen-bond donors (Lipinski definition) is 2. The van der Waals surface area contributed by atoms with Crippen molar-refractivity contribution >= 4 is 21.4 Å². The van der Waals surface area contributed by atoms with Gasteiger partial charge in [-0.1, -0.05) is 0 Å². The maximum atomic E-state index is 13.1. The van der Waals surface area contributed by atoms with Gasteiger partial charge in [-0.2, -0.15) is 0 Å². The van der Waals surface area contributed by atoms with E-state index in [1.54, 1.807) is 0 Å². The summed E-state index contributed by atoms with van der Waals surface area (Å²) >= 11 is 0. The first-order chi connectivity index (χ1) is 8.37. The Balaban J connectivity index is 2.16. The van der Waals surface area contributed by atoms with Crippen LogP contribution in [-0.2, 0) is 14.6 Å². The quantitative estimate of drug-likeness (QED) is 0.779. The third kappa shape index (κ3) is 3.19. The average Bonchev–Trinajstić information content (AvgIpc) is 2.98. The van der Waals surface area contributed by atoms with E-state index in [0.29, 0.717) is 0 Å². The van der Waals surface area contributed by atoms with Crippen molar-refractivity contribution in [3.8, 4) is 0 Å². The minimum atomic E-state index is -3.85. The standard InChI is InChI=1S/C11H13FN2O3S/c12-7-3-8(13)5-10(4-7)18(16,17)6-11(15)14-9-1-2-9/h3-5,9H,1-2,6,13H2,(H,14,15). The normalized spacial score (nSPS) is 15.4. The van der Waals surface area contributed by atoms with Gasteiger partial charge in [-0.3, -0.25) is 4.79 Å². The molecule has 18 heavy (non-hydrogen) atoms. The number of nitrogen functional groups attached to an aromatic ring is 1. The molecule has 0 aromatic heterocycles. The zero-order valence-electron chi connectivity index (χ0n) is 9.52. The highest BCUT2D eigenvalue weighted by Gasteiger charge is 2.26. The molecule has 0 radical (unpaired) electrons. The van der Waals surface area contributed by atoms with Gasteiger partial charge in [-0.05, 0) is 31.0 Å². The molecule has 98 valence electrons. The number of halogens is 1. The molecule has 1 fully saturated rings. The predicted octanol–water partition coefficient (Wildman–Crippen LogP) is 0.460. The molecule has 1 saturated carbocycles. The Labute approximate surface area is 104 Å². The fourth-order valence-corrected chi connectivity index (χ4v) is 2.72. The van der Waals surface area contributed by atoms with Gasteiger partial charge in [-0.15, -0.1) is 0 Å². The minimum Gasteiger partial charge on any atom is -0.399 e. The summed E-state index contributed by atoms with van der Waals surface area (Å²) in [6, 6.07) is 3.10. The van der Waals surface area contributed by atoms with Crippen molar-refractivity contribution in [2.45, 2.75) is 23.8 Å². The third-order valence-electron chi connectivity index (χ3n) is 2.52. The van der Waals surface area contributed by atoms with Gasteiger partial charge >= 0.3 is 0 Å². The lowest BCUT2D eigenvalue weighted by atomic mass is 10.3. The van der Waals surface area contributed by atoms with E-state index in [1.807, 2.05) is 0 Å². The number of rotatable bonds is 4. The lowest BCUT2D eigenvalue weighted by Gasteiger charge is -2.06. The summed E-state index contributed by atoms with van der Waals surface area (Å²) < 4.78 is 36.8. The van der Waals surface area contributed by atoms with Crippen molar-refractivity contribution in [1.82, 2.24) is 5.32 Å². The molecule has 0 spiro atoms. The van der Waals surface area contributed by atoms with Gasteiger partial charge < -0.3 is 11.1 Å². The van der Waals surface area contributed by atoms with E-state index in [9.17, 15) is 17.6 Å². The SMILES string of the molecule is Nc1cc(F)cc(S(=O)(=O)CC(=O)NC2CC2)c1. The van der Waals surface area contributed by atoms with Crippen LogP contribution in [0.3, 0.4) is 0 Å². The first-order valence-corrected chi connectivity index (χ1v) is 7.10. The smallest absolute Gasteiger partial charge is 0.235 e. The third-order valence-corrected chi connectivity index (χ3v) is 4.11. The van der Waals surface area contributed by atoms with E-state index in [4.69, 9.17) is 5.73 Å². The van der Waals surface area contributed by atoms with Crippen molar-refractivity contribution in [2.24, 2.45) is 0 Å². The molecule has 1 aromatic carbocycles. The van der Waals surface area contributed by atoms with Crippen LogP contribution in [0.2, 0.25) is 0 Å². The summed E-state index contributed by atoms with van der Waals surface area (Å²) in [5.74, 6) is -2.00. The molecule has 1 aromatic rings. The molecular weight excluding hydrogens is 259 g/mol. The van der Waals surface area contributed by atoms with Gasteiger partial charge in [0.2, 0.25) is 5.91 Å². The Kier molecular flexibility index (Phi) is 3.25. The monoisotopic (exact) mass is 272 g/mol. The van der Waals surface area contributed by atoms with E-state index in [2.05, 4.69) is 5.32 Å². The van der Waals surface area contributed by atoms with Crippen molar-refractivity contribution in [3.05, 3.63) is 24.0 Å². The fourth-order valence-electron chi connectivity index (χ4n) is 1.52. The molecule has 7 heteroatoms. The molecule has 2 rings (SSSR count). The number of carbonyl (C=O) groups excluding carboxylic acids is 1. The predicted molar refractivity (Wildman–Crippen MR) is 64.0 cm³/mol. The number of carbonyl (C=O) groups is 1. The lowest BCUT2D eigenvalue weighted by molar-refractivity contribution is -0.118. The maximum Gasteiger partial charge on any atom is 0.235 e. The topological polar surface area (TPSA) is 89.3 Å². The number of anilines is 1. The molecule has 0 bridgehead atoms. The largest absolute Gasteiger partial charge is 0.399 e. The van der Waals surface area contributed by atoms with Crippen LogP contribution >= 0.6 is 0 Å². The maximum absolute atomic E-state index is 13.1. The van der Waals surface area contributed by atoms with Crippen LogP contribution in [0, 0.1) is 5.82 Å². The number of amides is 1. The highest BCUT2D eigenvalue weighted by molar-refractivity contribution is 7.92. The highest BCUT2D eigenvalue weighted by atomic mass is 32.2. The molecule has 3 N–H and O–H groups in total. The Bertz CT molecular complexity index is 562. The zero-order valence-corrected chi connectivity index (χ0v) is 10.3. The van der Waals surface area contributed by atoms with Gasteiger partial charge in [0, 0.05) is 11.7 Å². The number of nitrogens with two attached hydrogens (primary N) is 1. The molecule has 0 atom stereocenters. The van der Waals surface area contributed by atoms with Gasteiger partial charge in [0.25, 0.3) is 0 Å². The van der Waals surface area contributed by atoms with Crippen LogP contribution in [0.4, 0.5) is 10.1 Å². The first-order valence-electron chi connectivity index (χ1n) is 5.45. The van der Waals surface area contributed by atoms with Gasteiger partial charge in [0.15, 0.2) is 9.84 Å². The molecule has 0 heterocycles. The van der Waals surface area contributed by atoms with E-state index in [1.165, 1.54) is 0 Å². The lowest BCUT2D eigenvalue weighted by Crippen LogP contribution is -2.31. The molecule has 0 aliphatic heterocycles. The second-order valence-electron chi connectivity index (χ2n) is 4.32. The summed E-state index contributed by atoms with van der Waals surface area (Å²) in [4.78, 5) is 11.2. The molecular formula is C11H13FN2O3S. The Morgan fingerprint density at radius 1 is 1.39 bits per heavy atom. The van der Waals surface area contributed by atoms with Crippen molar-refractivity contribution in [3.63, 3.8) is 0 Å². The van der Waals surface area contributed by atoms with Crippen LogP contribution in [0.5, 0.6) is 0 Å². The van der Waals surface area contributed by atoms with Crippen molar-refractivity contribution in [1.29, 1.82) is 0 Å². The number of nitrogens with one attached hydrogen (secondary N) is 1. The van der Waals surface area contributed by atoms with E-state index in [-0.39, 0.29) is 16.6 Å². The van der Waals surface area contributed by atoms with E-state index < -0.39 is 27.3 Å². The molecule has 5 nitrogen and oxygen atoms in total. The second kappa shape index (κ2) is 4.56. The van der Waals surface area contributed by atoms with Crippen LogP contribution in [-0.4, -0.2) is 26.1 Å². The van der Waals surface area contributed by atoms with Crippen molar-refractivity contribution in [2.75, 3.05) is 11.5 Å². The molecule has 1 amide bonds. The fraction of sp³-hybridized carbons (Fsp3) is 0.364. The molecule has 0 unspecified atom stereocenters. The second-order valence-corrected chi connectivity index (χ2v) is 6.31. The van der Waals surface area contributed by atoms with Crippen LogP contribution < -0.4 is 11.1 Å². The summed E-state index contributed by atoms with van der Waals surface area (Å²) in [7, 11) is -3.85. The molecule has 1 aliphatic carbocycles. The average molecular weight is 272 g/mol. The molecule has 0 saturated heterocycles. The number of hydrogen-bond acceptors (Lipinski definition) is 4. The summed E-state index contributed by atoms with van der Waals surface area (Å²) in [6.45, 7) is 0. The molecule has 1 aliphatic rings. The Hall–Kier alpha value is -1.63. The minimum absolute atomic E-state index is 0.0103. The Morgan fingerprint density at radius 2 is 2.06 bits per heavy atom. The van der Waals surface area contributed by atoms with Crippen molar-refractivity contribution < 1.29 is 17.6 Å². The number of sulfone groups is 1. The van der Waals surface area contributed by atoms with Gasteiger partial charge in [-0.25, -0.2) is 12.8 Å². The van der Waals surface area contributed by atoms with E-state index in [0.717, 1.165) is 31.0 Å². The summed E-state index contributed by atoms with van der Waals surface area (Å²) in [5, 5.41) is 2.57. The first kappa shape index (κ1) is 12.8. The summed E-state index contributed by atoms with van der Waals surface area (Å²) in [5.41, 5.74) is 5.38. The zero-order chi connectivity index (χ0) is 13.3. The van der Waals surface area contributed by atoms with Gasteiger partial charge in [0.05, 0.1) is 4.90 Å². The van der Waals surface area contributed by atoms with E-state index >= 15 is 0 Å². The van der Waals surface area contributed by atoms with Crippen LogP contribution in [0.25, 0.3) is 0 Å². The summed E-state index contributed by atoms with van der Waals surface area (Å²) in [6.07, 6.45) is 1.75. The Morgan fingerprint density at radius 3 is 2.61 bits per heavy atom. The van der Waals surface area contributed by atoms with Crippen LogP contribution in [0.1, 0.15) is 12.8 Å².